The molecule has 0 aliphatic carbocycles. The molecule has 0 atom stereocenters. The molecule has 0 bridgehead atoms. The van der Waals surface area contributed by atoms with E-state index in [0.29, 0.717) is 33.5 Å². The Bertz CT molecular complexity index is 1090. The zero-order valence-electron chi connectivity index (χ0n) is 12.3. The Morgan fingerprint density at radius 3 is 2.50 bits per heavy atom. The van der Waals surface area contributed by atoms with E-state index < -0.39 is 5.82 Å². The lowest BCUT2D eigenvalue weighted by atomic mass is 10.0. The molecular weight excluding hydrogens is 312 g/mol. The molecule has 2 heterocycles. The molecule has 4 rings (SSSR count). The van der Waals surface area contributed by atoms with Crippen molar-refractivity contribution in [3.8, 4) is 22.5 Å². The summed E-state index contributed by atoms with van der Waals surface area (Å²) in [6.45, 7) is 0. The Balaban J connectivity index is 1.78. The first-order valence-electron chi connectivity index (χ1n) is 7.24. The van der Waals surface area contributed by atoms with Gasteiger partial charge in [-0.15, -0.1) is 0 Å². The third-order valence-electron chi connectivity index (χ3n) is 3.79. The molecule has 24 heavy (non-hydrogen) atoms. The van der Waals surface area contributed by atoms with Gasteiger partial charge in [-0.25, -0.2) is 13.8 Å². The molecule has 2 aromatic heterocycles. The minimum atomic E-state index is -0.460. The Labute approximate surface area is 134 Å². The molecule has 4 nitrogen and oxygen atoms in total. The molecule has 2 N–H and O–H groups in total. The van der Waals surface area contributed by atoms with Crippen LogP contribution in [0.1, 0.15) is 0 Å². The normalized spacial score (nSPS) is 11.1. The van der Waals surface area contributed by atoms with Crippen LogP contribution in [0.25, 0.3) is 33.5 Å². The van der Waals surface area contributed by atoms with E-state index in [0.717, 1.165) is 0 Å². The highest BCUT2D eigenvalue weighted by Crippen LogP contribution is 2.27. The summed E-state index contributed by atoms with van der Waals surface area (Å²) in [4.78, 5) is 20.9. The van der Waals surface area contributed by atoms with Crippen LogP contribution in [0.2, 0.25) is 0 Å². The van der Waals surface area contributed by atoms with Crippen molar-refractivity contribution in [3.63, 3.8) is 0 Å². The number of fused-ring (bicyclic) bond motifs is 1. The Hall–Kier alpha value is -3.28. The monoisotopic (exact) mass is 323 g/mol. The molecule has 0 aliphatic heterocycles. The Kier molecular flexibility index (Phi) is 3.23. The van der Waals surface area contributed by atoms with Crippen LogP contribution in [0.15, 0.2) is 59.5 Å². The first kappa shape index (κ1) is 14.3. The van der Waals surface area contributed by atoms with Gasteiger partial charge in [-0.3, -0.25) is 4.79 Å². The molecule has 0 radical (unpaired) electrons. The van der Waals surface area contributed by atoms with Crippen LogP contribution >= 0.6 is 0 Å². The van der Waals surface area contributed by atoms with Crippen LogP contribution in [0.3, 0.4) is 0 Å². The van der Waals surface area contributed by atoms with E-state index in [1.54, 1.807) is 18.2 Å². The first-order chi connectivity index (χ1) is 11.6. The van der Waals surface area contributed by atoms with E-state index in [-0.39, 0.29) is 11.4 Å². The number of rotatable bonds is 2. The molecule has 0 saturated heterocycles. The molecular formula is C18H11F2N3O. The van der Waals surface area contributed by atoms with Crippen LogP contribution in [0.4, 0.5) is 8.78 Å². The van der Waals surface area contributed by atoms with Gasteiger partial charge in [0.2, 0.25) is 5.56 Å². The maximum Gasteiger partial charge on any atom is 0.247 e. The smallest absolute Gasteiger partial charge is 0.247 e. The number of pyridine rings is 1. The fraction of sp³-hybridized carbons (Fsp3) is 0. The number of imidazole rings is 1. The summed E-state index contributed by atoms with van der Waals surface area (Å²) in [5.74, 6) is -0.508. The van der Waals surface area contributed by atoms with Crippen molar-refractivity contribution >= 4 is 11.0 Å². The highest BCUT2D eigenvalue weighted by Gasteiger charge is 2.12. The molecule has 0 spiro atoms. The van der Waals surface area contributed by atoms with Crippen LogP contribution in [0.5, 0.6) is 0 Å². The molecule has 0 aliphatic rings. The van der Waals surface area contributed by atoms with Crippen molar-refractivity contribution in [3.05, 3.63) is 76.7 Å². The van der Waals surface area contributed by atoms with Gasteiger partial charge in [0, 0.05) is 12.3 Å². The van der Waals surface area contributed by atoms with E-state index in [1.165, 1.54) is 36.5 Å². The van der Waals surface area contributed by atoms with Crippen molar-refractivity contribution in [1.29, 1.82) is 0 Å². The number of nitrogens with one attached hydrogen (secondary N) is 2. The summed E-state index contributed by atoms with van der Waals surface area (Å²) in [5, 5.41) is 0. The minimum Gasteiger partial charge on any atom is -0.338 e. The number of aromatic nitrogens is 3. The quantitative estimate of drug-likeness (QED) is 0.588. The van der Waals surface area contributed by atoms with Crippen LogP contribution < -0.4 is 5.56 Å². The lowest BCUT2D eigenvalue weighted by Gasteiger charge is -2.04. The van der Waals surface area contributed by atoms with E-state index in [1.807, 2.05) is 0 Å². The van der Waals surface area contributed by atoms with Crippen LogP contribution in [-0.2, 0) is 0 Å². The second-order valence-corrected chi connectivity index (χ2v) is 5.38. The number of aromatic amines is 2. The number of nitrogens with zero attached hydrogens (tertiary/aromatic N) is 1. The zero-order chi connectivity index (χ0) is 16.7. The highest BCUT2D eigenvalue weighted by molar-refractivity contribution is 5.80. The highest BCUT2D eigenvalue weighted by atomic mass is 19.1. The predicted molar refractivity (Wildman–Crippen MR) is 87.5 cm³/mol. The summed E-state index contributed by atoms with van der Waals surface area (Å²) < 4.78 is 27.8. The van der Waals surface area contributed by atoms with Crippen molar-refractivity contribution in [2.75, 3.05) is 0 Å². The van der Waals surface area contributed by atoms with E-state index in [9.17, 15) is 13.6 Å². The van der Waals surface area contributed by atoms with Gasteiger partial charge < -0.3 is 9.97 Å². The number of benzene rings is 2. The maximum absolute atomic E-state index is 14.5. The molecule has 0 saturated carbocycles. The number of halogens is 2. The van der Waals surface area contributed by atoms with E-state index in [4.69, 9.17) is 0 Å². The van der Waals surface area contributed by atoms with Gasteiger partial charge >= 0.3 is 0 Å². The standard InChI is InChI=1S/C18H11F2N3O/c19-12-3-5-15-16(8-12)23-18(22-15)13-4-1-10(7-14(13)20)11-2-6-17(24)21-9-11/h1-9H,(H,21,24)(H,22,23). The molecule has 118 valence electrons. The van der Waals surface area contributed by atoms with Crippen molar-refractivity contribution in [2.45, 2.75) is 0 Å². The van der Waals surface area contributed by atoms with E-state index in [2.05, 4.69) is 15.0 Å². The largest absolute Gasteiger partial charge is 0.338 e. The lowest BCUT2D eigenvalue weighted by Crippen LogP contribution is -2.01. The summed E-state index contributed by atoms with van der Waals surface area (Å²) >= 11 is 0. The van der Waals surface area contributed by atoms with Gasteiger partial charge in [0.05, 0.1) is 16.6 Å². The maximum atomic E-state index is 14.5. The first-order valence-corrected chi connectivity index (χ1v) is 7.24. The summed E-state index contributed by atoms with van der Waals surface area (Å²) in [6, 6.07) is 11.9. The van der Waals surface area contributed by atoms with Gasteiger partial charge in [-0.1, -0.05) is 6.07 Å². The van der Waals surface area contributed by atoms with Crippen LogP contribution in [0, 0.1) is 11.6 Å². The third-order valence-corrected chi connectivity index (χ3v) is 3.79. The predicted octanol–water partition coefficient (Wildman–Crippen LogP) is 3.86. The summed E-state index contributed by atoms with van der Waals surface area (Å²) in [6.07, 6.45) is 1.53. The molecule has 6 heteroatoms. The van der Waals surface area contributed by atoms with Gasteiger partial charge in [0.25, 0.3) is 0 Å². The Morgan fingerprint density at radius 2 is 1.75 bits per heavy atom. The second-order valence-electron chi connectivity index (χ2n) is 5.38. The molecule has 2 aromatic carbocycles. The van der Waals surface area contributed by atoms with Crippen molar-refractivity contribution in [2.24, 2.45) is 0 Å². The van der Waals surface area contributed by atoms with Crippen molar-refractivity contribution in [1.82, 2.24) is 15.0 Å². The lowest BCUT2D eigenvalue weighted by molar-refractivity contribution is 0.629. The Morgan fingerprint density at radius 1 is 0.917 bits per heavy atom. The fourth-order valence-corrected chi connectivity index (χ4v) is 2.59. The SMILES string of the molecule is O=c1ccc(-c2ccc(-c3nc4ccc(F)cc4[nH]3)c(F)c2)c[nH]1. The summed E-state index contributed by atoms with van der Waals surface area (Å²) in [7, 11) is 0. The van der Waals surface area contributed by atoms with E-state index >= 15 is 0 Å². The van der Waals surface area contributed by atoms with Gasteiger partial charge in [-0.2, -0.15) is 0 Å². The third kappa shape index (κ3) is 2.48. The van der Waals surface area contributed by atoms with Gasteiger partial charge in [-0.05, 0) is 47.5 Å². The average Bonchev–Trinajstić information content (AvgIpc) is 2.98. The molecule has 0 amide bonds. The zero-order valence-corrected chi connectivity index (χ0v) is 12.3. The van der Waals surface area contributed by atoms with Crippen molar-refractivity contribution < 1.29 is 8.78 Å². The molecule has 0 unspecified atom stereocenters. The average molecular weight is 323 g/mol. The number of hydrogen-bond acceptors (Lipinski definition) is 2. The number of H-pyrrole nitrogens is 2. The van der Waals surface area contributed by atoms with Crippen LogP contribution in [-0.4, -0.2) is 15.0 Å². The topological polar surface area (TPSA) is 61.5 Å². The molecule has 4 aromatic rings. The fourth-order valence-electron chi connectivity index (χ4n) is 2.59. The number of hydrogen-bond donors (Lipinski definition) is 2. The van der Waals surface area contributed by atoms with Gasteiger partial charge in [0.15, 0.2) is 0 Å². The minimum absolute atomic E-state index is 0.217. The molecule has 0 fully saturated rings. The van der Waals surface area contributed by atoms with Gasteiger partial charge in [0.1, 0.15) is 17.5 Å². The second kappa shape index (κ2) is 5.42. The summed E-state index contributed by atoms with van der Waals surface area (Å²) in [5.41, 5.74) is 2.48.